The van der Waals surface area contributed by atoms with Gasteiger partial charge in [-0.1, -0.05) is 0 Å². The molecule has 16 heavy (non-hydrogen) atoms. The first-order valence-electron chi connectivity index (χ1n) is 4.23. The molecule has 82 valence electrons. The van der Waals surface area contributed by atoms with Crippen LogP contribution in [0.3, 0.4) is 0 Å². The Labute approximate surface area is 93.5 Å². The van der Waals surface area contributed by atoms with Gasteiger partial charge >= 0.3 is 5.69 Å². The summed E-state index contributed by atoms with van der Waals surface area (Å²) in [6.07, 6.45) is 2.62. The van der Waals surface area contributed by atoms with E-state index in [1.807, 2.05) is 0 Å². The highest BCUT2D eigenvalue weighted by atomic mass is 32.1. The topological polar surface area (TPSA) is 90.9 Å². The van der Waals surface area contributed by atoms with Gasteiger partial charge in [0.2, 0.25) is 0 Å². The van der Waals surface area contributed by atoms with Gasteiger partial charge in [-0.25, -0.2) is 9.67 Å². The van der Waals surface area contributed by atoms with Crippen molar-refractivity contribution in [2.24, 2.45) is 0 Å². The molecule has 0 saturated heterocycles. The van der Waals surface area contributed by atoms with Crippen molar-refractivity contribution in [3.8, 4) is 5.00 Å². The summed E-state index contributed by atoms with van der Waals surface area (Å²) in [7, 11) is 0. The van der Waals surface area contributed by atoms with Crippen molar-refractivity contribution < 1.29 is 9.72 Å². The summed E-state index contributed by atoms with van der Waals surface area (Å²) in [5.74, 6) is -0.209. The summed E-state index contributed by atoms with van der Waals surface area (Å²) in [4.78, 5) is 25.4. The molecule has 8 heteroatoms. The van der Waals surface area contributed by atoms with Crippen molar-refractivity contribution in [2.45, 2.75) is 6.92 Å². The number of hydrogen-bond donors (Lipinski definition) is 0. The first-order valence-corrected chi connectivity index (χ1v) is 5.05. The van der Waals surface area contributed by atoms with Gasteiger partial charge in [0.1, 0.15) is 12.7 Å². The van der Waals surface area contributed by atoms with Crippen LogP contribution in [0.2, 0.25) is 0 Å². The molecular weight excluding hydrogens is 232 g/mol. The van der Waals surface area contributed by atoms with Gasteiger partial charge in [-0.3, -0.25) is 14.9 Å². The lowest BCUT2D eigenvalue weighted by Crippen LogP contribution is -1.95. The van der Waals surface area contributed by atoms with Gasteiger partial charge in [0.15, 0.2) is 10.8 Å². The van der Waals surface area contributed by atoms with Crippen molar-refractivity contribution >= 4 is 22.8 Å². The van der Waals surface area contributed by atoms with E-state index in [1.54, 1.807) is 0 Å². The van der Waals surface area contributed by atoms with Crippen LogP contribution in [0.15, 0.2) is 18.7 Å². The first kappa shape index (κ1) is 10.4. The third-order valence-electron chi connectivity index (χ3n) is 1.86. The van der Waals surface area contributed by atoms with Gasteiger partial charge < -0.3 is 0 Å². The summed E-state index contributed by atoms with van der Waals surface area (Å²) in [5, 5.41) is 14.9. The molecule has 0 saturated carbocycles. The van der Waals surface area contributed by atoms with Crippen molar-refractivity contribution in [3.63, 3.8) is 0 Å². The quantitative estimate of drug-likeness (QED) is 0.458. The summed E-state index contributed by atoms with van der Waals surface area (Å²) in [5.41, 5.74) is -0.138. The standard InChI is InChI=1S/C8H6N4O3S/c1-5(13)7-2-6(12(14)15)8(16-7)11-4-9-3-10-11/h2-4H,1H3. The van der Waals surface area contributed by atoms with E-state index in [-0.39, 0.29) is 16.5 Å². The van der Waals surface area contributed by atoms with E-state index in [0.29, 0.717) is 4.88 Å². The number of Topliss-reactive ketones (excluding diaryl/α,β-unsaturated/α-hetero) is 1. The maximum atomic E-state index is 11.1. The molecule has 2 aromatic heterocycles. The van der Waals surface area contributed by atoms with Crippen LogP contribution < -0.4 is 0 Å². The van der Waals surface area contributed by atoms with Gasteiger partial charge in [0.05, 0.1) is 9.80 Å². The van der Waals surface area contributed by atoms with Crippen LogP contribution >= 0.6 is 11.3 Å². The number of nitro groups is 1. The van der Waals surface area contributed by atoms with E-state index in [1.165, 1.54) is 30.3 Å². The highest BCUT2D eigenvalue weighted by molar-refractivity contribution is 7.17. The smallest absolute Gasteiger partial charge is 0.294 e. The molecule has 0 aromatic carbocycles. The van der Waals surface area contributed by atoms with E-state index < -0.39 is 4.92 Å². The summed E-state index contributed by atoms with van der Waals surface area (Å²) >= 11 is 1.02. The average Bonchev–Trinajstić information content (AvgIpc) is 2.86. The third kappa shape index (κ3) is 1.70. The molecule has 2 rings (SSSR count). The van der Waals surface area contributed by atoms with E-state index in [4.69, 9.17) is 0 Å². The fraction of sp³-hybridized carbons (Fsp3) is 0.125. The maximum absolute atomic E-state index is 11.1. The maximum Gasteiger partial charge on any atom is 0.306 e. The van der Waals surface area contributed by atoms with Crippen LogP contribution in [0.4, 0.5) is 5.69 Å². The second-order valence-electron chi connectivity index (χ2n) is 2.95. The Hall–Kier alpha value is -2.09. The molecule has 2 heterocycles. The minimum atomic E-state index is -0.542. The van der Waals surface area contributed by atoms with Gasteiger partial charge in [0.25, 0.3) is 0 Å². The Morgan fingerprint density at radius 2 is 2.38 bits per heavy atom. The zero-order chi connectivity index (χ0) is 11.7. The molecule has 0 amide bonds. The second kappa shape index (κ2) is 3.81. The molecule has 0 bridgehead atoms. The fourth-order valence-electron chi connectivity index (χ4n) is 1.15. The zero-order valence-electron chi connectivity index (χ0n) is 8.15. The normalized spacial score (nSPS) is 10.3. The van der Waals surface area contributed by atoms with Crippen LogP contribution in [-0.2, 0) is 0 Å². The predicted octanol–water partition coefficient (Wildman–Crippen LogP) is 1.44. The van der Waals surface area contributed by atoms with Crippen molar-refractivity contribution in [3.05, 3.63) is 33.7 Å². The summed E-state index contributed by atoms with van der Waals surface area (Å²) in [6, 6.07) is 1.25. The van der Waals surface area contributed by atoms with Crippen LogP contribution in [0.1, 0.15) is 16.6 Å². The van der Waals surface area contributed by atoms with Crippen LogP contribution in [0.5, 0.6) is 0 Å². The molecule has 0 spiro atoms. The Morgan fingerprint density at radius 1 is 1.62 bits per heavy atom. The number of hydrogen-bond acceptors (Lipinski definition) is 6. The van der Waals surface area contributed by atoms with Crippen LogP contribution in [-0.4, -0.2) is 25.5 Å². The third-order valence-corrected chi connectivity index (χ3v) is 3.08. The van der Waals surface area contributed by atoms with E-state index in [2.05, 4.69) is 10.1 Å². The van der Waals surface area contributed by atoms with E-state index in [0.717, 1.165) is 11.3 Å². The number of ketones is 1. The minimum Gasteiger partial charge on any atom is -0.294 e. The second-order valence-corrected chi connectivity index (χ2v) is 3.99. The largest absolute Gasteiger partial charge is 0.306 e. The Bertz CT molecular complexity index is 546. The van der Waals surface area contributed by atoms with E-state index in [9.17, 15) is 14.9 Å². The van der Waals surface area contributed by atoms with Gasteiger partial charge in [-0.05, 0) is 6.92 Å². The molecule has 0 fully saturated rings. The molecule has 7 nitrogen and oxygen atoms in total. The highest BCUT2D eigenvalue weighted by Crippen LogP contribution is 2.32. The summed E-state index contributed by atoms with van der Waals surface area (Å²) in [6.45, 7) is 1.36. The molecular formula is C8H6N4O3S. The van der Waals surface area contributed by atoms with E-state index >= 15 is 0 Å². The number of carbonyl (C=O) groups is 1. The van der Waals surface area contributed by atoms with Crippen molar-refractivity contribution in [1.29, 1.82) is 0 Å². The monoisotopic (exact) mass is 238 g/mol. The van der Waals surface area contributed by atoms with Crippen LogP contribution in [0.25, 0.3) is 5.00 Å². The number of thiophene rings is 1. The number of carbonyl (C=O) groups excluding carboxylic acids is 1. The molecule has 0 N–H and O–H groups in total. The SMILES string of the molecule is CC(=O)c1cc([N+](=O)[O-])c(-n2cncn2)s1. The first-order chi connectivity index (χ1) is 7.59. The van der Waals surface area contributed by atoms with Crippen LogP contribution in [0, 0.1) is 10.1 Å². The van der Waals surface area contributed by atoms with Crippen molar-refractivity contribution in [1.82, 2.24) is 14.8 Å². The van der Waals surface area contributed by atoms with Crippen molar-refractivity contribution in [2.75, 3.05) is 0 Å². The summed E-state index contributed by atoms with van der Waals surface area (Å²) < 4.78 is 1.27. The molecule has 0 atom stereocenters. The highest BCUT2D eigenvalue weighted by Gasteiger charge is 2.22. The molecule has 2 aromatic rings. The lowest BCUT2D eigenvalue weighted by atomic mass is 10.3. The van der Waals surface area contributed by atoms with Gasteiger partial charge in [-0.2, -0.15) is 5.10 Å². The molecule has 0 radical (unpaired) electrons. The average molecular weight is 238 g/mol. The zero-order valence-corrected chi connectivity index (χ0v) is 8.97. The molecule has 0 aliphatic carbocycles. The number of nitrogens with zero attached hydrogens (tertiary/aromatic N) is 4. The fourth-order valence-corrected chi connectivity index (χ4v) is 2.10. The number of rotatable bonds is 3. The predicted molar refractivity (Wildman–Crippen MR) is 55.9 cm³/mol. The molecule has 0 unspecified atom stereocenters. The Morgan fingerprint density at radius 3 is 2.88 bits per heavy atom. The Balaban J connectivity index is 2.59. The number of aromatic nitrogens is 3. The molecule has 0 aliphatic heterocycles. The molecule has 0 aliphatic rings. The lowest BCUT2D eigenvalue weighted by Gasteiger charge is -1.93. The minimum absolute atomic E-state index is 0.138. The lowest BCUT2D eigenvalue weighted by molar-refractivity contribution is -0.384. The van der Waals surface area contributed by atoms with Gasteiger partial charge in [0, 0.05) is 6.07 Å². The van der Waals surface area contributed by atoms with Gasteiger partial charge in [-0.15, -0.1) is 11.3 Å². The Kier molecular flexibility index (Phi) is 2.49.